The average molecular weight is 266 g/mol. The fourth-order valence-electron chi connectivity index (χ4n) is 0.775. The van der Waals surface area contributed by atoms with Crippen LogP contribution in [0.5, 0.6) is 0 Å². The van der Waals surface area contributed by atoms with E-state index in [1.807, 2.05) is 0 Å². The number of hydrogen-bond acceptors (Lipinski definition) is 0. The molecule has 0 aromatic carbocycles. The highest BCUT2D eigenvalue weighted by atomic mass is 19.4. The molecule has 0 aromatic heterocycles. The quantitative estimate of drug-likeness (QED) is 0.629. The topological polar surface area (TPSA) is 0 Å². The third-order valence-corrected chi connectivity index (χ3v) is 1.97. The number of halogens is 10. The maximum Gasteiger partial charge on any atom is 0.420 e. The Morgan fingerprint density at radius 3 is 1.00 bits per heavy atom. The van der Waals surface area contributed by atoms with Crippen LogP contribution in [0.4, 0.5) is 43.9 Å². The second kappa shape index (κ2) is 3.66. The van der Waals surface area contributed by atoms with Gasteiger partial charge < -0.3 is 0 Å². The zero-order valence-electron chi connectivity index (χ0n) is 7.36. The molecule has 0 rings (SSSR count). The van der Waals surface area contributed by atoms with Gasteiger partial charge in [-0.25, -0.2) is 4.39 Å². The van der Waals surface area contributed by atoms with Gasteiger partial charge in [-0.05, 0) is 6.92 Å². The lowest BCUT2D eigenvalue weighted by atomic mass is 9.83. The van der Waals surface area contributed by atoms with E-state index >= 15 is 0 Å². The third kappa shape index (κ3) is 2.34. The van der Waals surface area contributed by atoms with E-state index in [1.54, 1.807) is 0 Å². The molecule has 10 heteroatoms. The van der Waals surface area contributed by atoms with Crippen molar-refractivity contribution in [3.05, 3.63) is 0 Å². The van der Waals surface area contributed by atoms with E-state index in [0.717, 1.165) is 0 Å². The van der Waals surface area contributed by atoms with Crippen LogP contribution < -0.4 is 0 Å². The molecule has 0 fully saturated rings. The van der Waals surface area contributed by atoms with Crippen molar-refractivity contribution in [2.24, 2.45) is 5.41 Å². The molecule has 0 N–H and O–H groups in total. The second-order valence-electron chi connectivity index (χ2n) is 3.10. The van der Waals surface area contributed by atoms with Gasteiger partial charge in [-0.15, -0.1) is 0 Å². The summed E-state index contributed by atoms with van der Waals surface area (Å²) in [6, 6.07) is 0. The summed E-state index contributed by atoms with van der Waals surface area (Å²) in [6.45, 7) is -0.870. The summed E-state index contributed by atoms with van der Waals surface area (Å²) < 4.78 is 119. The van der Waals surface area contributed by atoms with Gasteiger partial charge in [0.1, 0.15) is 0 Å². The summed E-state index contributed by atoms with van der Waals surface area (Å²) in [6.07, 6.45) is -24.1. The fourth-order valence-corrected chi connectivity index (χ4v) is 0.775. The van der Waals surface area contributed by atoms with Crippen LogP contribution in [0.15, 0.2) is 0 Å². The lowest BCUT2D eigenvalue weighted by Crippen LogP contribution is -2.58. The molecular weight excluding hydrogens is 262 g/mol. The smallest absolute Gasteiger partial charge is 0.236 e. The van der Waals surface area contributed by atoms with Gasteiger partial charge in [0.05, 0.1) is 0 Å². The molecule has 0 spiro atoms. The molecule has 0 bridgehead atoms. The van der Waals surface area contributed by atoms with Crippen LogP contribution in [0.1, 0.15) is 6.92 Å². The zero-order chi connectivity index (χ0) is 13.6. The monoisotopic (exact) mass is 266 g/mol. The van der Waals surface area contributed by atoms with Crippen LogP contribution >= 0.6 is 0 Å². The van der Waals surface area contributed by atoms with Gasteiger partial charge >= 0.3 is 18.5 Å². The van der Waals surface area contributed by atoms with Crippen LogP contribution in [0.2, 0.25) is 0 Å². The Labute approximate surface area is 82.2 Å². The lowest BCUT2D eigenvalue weighted by molar-refractivity contribution is -0.381. The summed E-state index contributed by atoms with van der Waals surface area (Å²) >= 11 is 0. The standard InChI is InChI=1S/C6H4F10/c1-3(5(11,12)13,6(14,15)16)2(7)4(8,9)10/h2H,1H3. The van der Waals surface area contributed by atoms with Crippen molar-refractivity contribution in [3.63, 3.8) is 0 Å². The molecule has 0 amide bonds. The van der Waals surface area contributed by atoms with Gasteiger partial charge in [-0.2, -0.15) is 39.5 Å². The van der Waals surface area contributed by atoms with Gasteiger partial charge in [0.2, 0.25) is 6.17 Å². The molecular formula is C6H4F10. The van der Waals surface area contributed by atoms with Gasteiger partial charge in [0.15, 0.2) is 5.41 Å². The third-order valence-electron chi connectivity index (χ3n) is 1.97. The van der Waals surface area contributed by atoms with Crippen LogP contribution in [0.3, 0.4) is 0 Å². The van der Waals surface area contributed by atoms with E-state index in [2.05, 4.69) is 0 Å². The van der Waals surface area contributed by atoms with Gasteiger partial charge in [0, 0.05) is 0 Å². The highest BCUT2D eigenvalue weighted by Crippen LogP contribution is 2.56. The second-order valence-corrected chi connectivity index (χ2v) is 3.10. The summed E-state index contributed by atoms with van der Waals surface area (Å²) in [5, 5.41) is 0. The van der Waals surface area contributed by atoms with Crippen molar-refractivity contribution in [1.29, 1.82) is 0 Å². The van der Waals surface area contributed by atoms with E-state index in [4.69, 9.17) is 0 Å². The van der Waals surface area contributed by atoms with Crippen LogP contribution in [0, 0.1) is 5.41 Å². The Morgan fingerprint density at radius 2 is 0.938 bits per heavy atom. The predicted molar refractivity (Wildman–Crippen MR) is 31.2 cm³/mol. The first-order valence-corrected chi connectivity index (χ1v) is 3.50. The van der Waals surface area contributed by atoms with Crippen LogP contribution in [-0.4, -0.2) is 24.7 Å². The molecule has 98 valence electrons. The number of hydrogen-bond donors (Lipinski definition) is 0. The largest absolute Gasteiger partial charge is 0.420 e. The van der Waals surface area contributed by atoms with Crippen molar-refractivity contribution in [2.45, 2.75) is 31.6 Å². The molecule has 0 aliphatic heterocycles. The SMILES string of the molecule is CC(C(F)C(F)(F)F)(C(F)(F)F)C(F)(F)F. The highest BCUT2D eigenvalue weighted by molar-refractivity contribution is 4.98. The molecule has 0 nitrogen and oxygen atoms in total. The molecule has 0 saturated carbocycles. The Balaban J connectivity index is 5.63. The van der Waals surface area contributed by atoms with Crippen LogP contribution in [-0.2, 0) is 0 Å². The Bertz CT molecular complexity index is 228. The minimum atomic E-state index is -6.40. The first-order chi connectivity index (χ1) is 6.65. The summed E-state index contributed by atoms with van der Waals surface area (Å²) in [7, 11) is 0. The van der Waals surface area contributed by atoms with E-state index in [-0.39, 0.29) is 0 Å². The minimum absolute atomic E-state index is 0.870. The first kappa shape index (κ1) is 15.3. The van der Waals surface area contributed by atoms with E-state index in [9.17, 15) is 43.9 Å². The van der Waals surface area contributed by atoms with Crippen LogP contribution in [0.25, 0.3) is 0 Å². The van der Waals surface area contributed by atoms with E-state index in [0.29, 0.717) is 0 Å². The summed E-state index contributed by atoms with van der Waals surface area (Å²) in [5.74, 6) is 0. The van der Waals surface area contributed by atoms with Crippen molar-refractivity contribution in [1.82, 2.24) is 0 Å². The molecule has 0 radical (unpaired) electrons. The van der Waals surface area contributed by atoms with Crippen molar-refractivity contribution >= 4 is 0 Å². The highest BCUT2D eigenvalue weighted by Gasteiger charge is 2.76. The molecule has 16 heavy (non-hydrogen) atoms. The lowest BCUT2D eigenvalue weighted by Gasteiger charge is -2.36. The Kier molecular flexibility index (Phi) is 3.50. The number of rotatable bonds is 1. The molecule has 0 aliphatic rings. The van der Waals surface area contributed by atoms with Crippen molar-refractivity contribution in [2.75, 3.05) is 0 Å². The molecule has 0 aliphatic carbocycles. The summed E-state index contributed by atoms with van der Waals surface area (Å²) in [4.78, 5) is 0. The first-order valence-electron chi connectivity index (χ1n) is 3.50. The maximum absolute atomic E-state index is 12.4. The maximum atomic E-state index is 12.4. The van der Waals surface area contributed by atoms with Gasteiger partial charge in [-0.1, -0.05) is 0 Å². The molecule has 0 aromatic rings. The molecule has 1 unspecified atom stereocenters. The fraction of sp³-hybridized carbons (Fsp3) is 1.00. The predicted octanol–water partition coefficient (Wildman–Crippen LogP) is 4.02. The normalized spacial score (nSPS) is 17.4. The van der Waals surface area contributed by atoms with Crippen molar-refractivity contribution in [3.8, 4) is 0 Å². The van der Waals surface area contributed by atoms with Gasteiger partial charge in [0.25, 0.3) is 0 Å². The Morgan fingerprint density at radius 1 is 0.688 bits per heavy atom. The zero-order valence-corrected chi connectivity index (χ0v) is 7.36. The molecule has 1 atom stereocenters. The Hall–Kier alpha value is -0.700. The minimum Gasteiger partial charge on any atom is -0.236 e. The van der Waals surface area contributed by atoms with Crippen molar-refractivity contribution < 1.29 is 43.9 Å². The molecule has 0 saturated heterocycles. The van der Waals surface area contributed by atoms with Gasteiger partial charge in [-0.3, -0.25) is 0 Å². The van der Waals surface area contributed by atoms with E-state index in [1.165, 1.54) is 0 Å². The molecule has 0 heterocycles. The number of alkyl halides is 10. The van der Waals surface area contributed by atoms with E-state index < -0.39 is 37.0 Å². The summed E-state index contributed by atoms with van der Waals surface area (Å²) in [5.41, 5.74) is -5.47. The average Bonchev–Trinajstić information content (AvgIpc) is 1.95.